The molecule has 1 rings (SSSR count). The third kappa shape index (κ3) is 3.92. The summed E-state index contributed by atoms with van der Waals surface area (Å²) >= 11 is 0. The summed E-state index contributed by atoms with van der Waals surface area (Å²) in [6.07, 6.45) is 2.17. The molecule has 0 aliphatic heterocycles. The van der Waals surface area contributed by atoms with Crippen LogP contribution in [0.25, 0.3) is 0 Å². The molecule has 1 N–H and O–H groups in total. The first-order valence-electron chi connectivity index (χ1n) is 5.28. The third-order valence-corrected chi connectivity index (χ3v) is 2.20. The van der Waals surface area contributed by atoms with Crippen molar-refractivity contribution in [3.63, 3.8) is 0 Å². The van der Waals surface area contributed by atoms with Gasteiger partial charge in [0.1, 0.15) is 12.4 Å². The SMILES string of the molecule is C=CCc1cc(C(=O)OCCOC)ccc1O. The number of carbonyl (C=O) groups excluding carboxylic acids is 1. The van der Waals surface area contributed by atoms with Gasteiger partial charge in [-0.3, -0.25) is 0 Å². The van der Waals surface area contributed by atoms with E-state index in [1.807, 2.05) is 0 Å². The average Bonchev–Trinajstić information content (AvgIpc) is 2.32. The summed E-state index contributed by atoms with van der Waals surface area (Å²) in [5.41, 5.74) is 1.07. The van der Waals surface area contributed by atoms with Crippen LogP contribution in [-0.2, 0) is 15.9 Å². The zero-order chi connectivity index (χ0) is 12.7. The molecule has 0 atom stereocenters. The van der Waals surface area contributed by atoms with Gasteiger partial charge in [0.15, 0.2) is 0 Å². The zero-order valence-electron chi connectivity index (χ0n) is 9.81. The number of carbonyl (C=O) groups is 1. The number of hydrogen-bond acceptors (Lipinski definition) is 4. The van der Waals surface area contributed by atoms with E-state index in [-0.39, 0.29) is 12.4 Å². The van der Waals surface area contributed by atoms with E-state index in [2.05, 4.69) is 6.58 Å². The summed E-state index contributed by atoms with van der Waals surface area (Å²) in [5.74, 6) is -0.272. The molecule has 0 aromatic heterocycles. The van der Waals surface area contributed by atoms with Gasteiger partial charge in [-0.2, -0.15) is 0 Å². The number of allylic oxidation sites excluding steroid dienone is 1. The minimum atomic E-state index is -0.424. The standard InChI is InChI=1S/C13H16O4/c1-3-4-10-9-11(5-6-12(10)14)13(15)17-8-7-16-2/h3,5-6,9,14H,1,4,7-8H2,2H3. The summed E-state index contributed by atoms with van der Waals surface area (Å²) in [4.78, 5) is 11.6. The van der Waals surface area contributed by atoms with E-state index in [0.717, 1.165) is 0 Å². The highest BCUT2D eigenvalue weighted by Crippen LogP contribution is 2.19. The summed E-state index contributed by atoms with van der Waals surface area (Å²) in [6, 6.07) is 4.61. The number of hydrogen-bond donors (Lipinski definition) is 1. The second kappa shape index (κ2) is 6.70. The van der Waals surface area contributed by atoms with Crippen LogP contribution in [0, 0.1) is 0 Å². The van der Waals surface area contributed by atoms with Crippen LogP contribution in [0.4, 0.5) is 0 Å². The molecule has 0 fully saturated rings. The molecule has 0 saturated carbocycles. The van der Waals surface area contributed by atoms with E-state index in [4.69, 9.17) is 9.47 Å². The number of rotatable bonds is 6. The maximum absolute atomic E-state index is 11.6. The van der Waals surface area contributed by atoms with Gasteiger partial charge in [-0.1, -0.05) is 6.08 Å². The molecule has 0 unspecified atom stereocenters. The predicted octanol–water partition coefficient (Wildman–Crippen LogP) is 1.92. The summed E-state index contributed by atoms with van der Waals surface area (Å²) in [6.45, 7) is 4.17. The quantitative estimate of drug-likeness (QED) is 0.466. The van der Waals surface area contributed by atoms with Crippen LogP contribution in [-0.4, -0.2) is 31.4 Å². The fraction of sp³-hybridized carbons (Fsp3) is 0.308. The Morgan fingerprint density at radius 3 is 2.88 bits per heavy atom. The smallest absolute Gasteiger partial charge is 0.338 e. The zero-order valence-corrected chi connectivity index (χ0v) is 9.81. The van der Waals surface area contributed by atoms with Crippen molar-refractivity contribution < 1.29 is 19.4 Å². The predicted molar refractivity (Wildman–Crippen MR) is 64.2 cm³/mol. The van der Waals surface area contributed by atoms with Gasteiger partial charge in [-0.05, 0) is 30.2 Å². The Balaban J connectivity index is 2.73. The Hall–Kier alpha value is -1.81. The molecule has 4 heteroatoms. The Labute approximate surface area is 100 Å². The fourth-order valence-corrected chi connectivity index (χ4v) is 1.33. The lowest BCUT2D eigenvalue weighted by molar-refractivity contribution is 0.0388. The number of phenolic OH excluding ortho intramolecular Hbond substituents is 1. The number of benzene rings is 1. The molecule has 0 spiro atoms. The van der Waals surface area contributed by atoms with E-state index in [0.29, 0.717) is 24.2 Å². The molecule has 1 aromatic rings. The molecule has 0 saturated heterocycles. The van der Waals surface area contributed by atoms with Crippen molar-refractivity contribution in [1.29, 1.82) is 0 Å². The highest BCUT2D eigenvalue weighted by Gasteiger charge is 2.09. The summed E-state index contributed by atoms with van der Waals surface area (Å²) in [5, 5.41) is 9.54. The van der Waals surface area contributed by atoms with Crippen molar-refractivity contribution in [2.45, 2.75) is 6.42 Å². The molecule has 0 heterocycles. The maximum atomic E-state index is 11.6. The fourth-order valence-electron chi connectivity index (χ4n) is 1.33. The van der Waals surface area contributed by atoms with Crippen LogP contribution in [0.5, 0.6) is 5.75 Å². The summed E-state index contributed by atoms with van der Waals surface area (Å²) < 4.78 is 9.75. The monoisotopic (exact) mass is 236 g/mol. The molecule has 0 aliphatic rings. The average molecular weight is 236 g/mol. The molecule has 0 radical (unpaired) electrons. The van der Waals surface area contributed by atoms with E-state index in [1.165, 1.54) is 19.2 Å². The van der Waals surface area contributed by atoms with Gasteiger partial charge < -0.3 is 14.6 Å². The van der Waals surface area contributed by atoms with Crippen LogP contribution in [0.2, 0.25) is 0 Å². The Bertz CT molecular complexity index is 398. The van der Waals surface area contributed by atoms with Crippen molar-refractivity contribution in [1.82, 2.24) is 0 Å². The lowest BCUT2D eigenvalue weighted by atomic mass is 10.1. The minimum Gasteiger partial charge on any atom is -0.508 e. The van der Waals surface area contributed by atoms with Gasteiger partial charge in [-0.15, -0.1) is 6.58 Å². The largest absolute Gasteiger partial charge is 0.508 e. The maximum Gasteiger partial charge on any atom is 0.338 e. The van der Waals surface area contributed by atoms with E-state index < -0.39 is 5.97 Å². The van der Waals surface area contributed by atoms with E-state index >= 15 is 0 Å². The summed E-state index contributed by atoms with van der Waals surface area (Å²) in [7, 11) is 1.54. The Morgan fingerprint density at radius 1 is 1.47 bits per heavy atom. The van der Waals surface area contributed by atoms with Gasteiger partial charge >= 0.3 is 5.97 Å². The highest BCUT2D eigenvalue weighted by molar-refractivity contribution is 5.89. The first kappa shape index (κ1) is 13.3. The second-order valence-corrected chi connectivity index (χ2v) is 3.47. The first-order chi connectivity index (χ1) is 8.19. The normalized spacial score (nSPS) is 9.94. The van der Waals surface area contributed by atoms with E-state index in [1.54, 1.807) is 12.1 Å². The number of aromatic hydroxyl groups is 1. The lowest BCUT2D eigenvalue weighted by Gasteiger charge is -2.06. The Morgan fingerprint density at radius 2 is 2.24 bits per heavy atom. The molecule has 0 bridgehead atoms. The molecule has 0 aliphatic carbocycles. The molecule has 92 valence electrons. The van der Waals surface area contributed by atoms with E-state index in [9.17, 15) is 9.90 Å². The molecule has 4 nitrogen and oxygen atoms in total. The van der Waals surface area contributed by atoms with Crippen molar-refractivity contribution in [2.24, 2.45) is 0 Å². The van der Waals surface area contributed by atoms with Crippen molar-refractivity contribution >= 4 is 5.97 Å². The van der Waals surface area contributed by atoms with Crippen LogP contribution in [0.15, 0.2) is 30.9 Å². The Kier molecular flexibility index (Phi) is 5.23. The van der Waals surface area contributed by atoms with Crippen LogP contribution < -0.4 is 0 Å². The van der Waals surface area contributed by atoms with Gasteiger partial charge in [0.05, 0.1) is 12.2 Å². The molecule has 17 heavy (non-hydrogen) atoms. The van der Waals surface area contributed by atoms with Crippen molar-refractivity contribution in [2.75, 3.05) is 20.3 Å². The highest BCUT2D eigenvalue weighted by atomic mass is 16.6. The number of esters is 1. The molecule has 0 amide bonds. The second-order valence-electron chi connectivity index (χ2n) is 3.47. The minimum absolute atomic E-state index is 0.151. The van der Waals surface area contributed by atoms with Gasteiger partial charge in [0.25, 0.3) is 0 Å². The van der Waals surface area contributed by atoms with Crippen LogP contribution >= 0.6 is 0 Å². The van der Waals surface area contributed by atoms with Gasteiger partial charge in [-0.25, -0.2) is 4.79 Å². The topological polar surface area (TPSA) is 55.8 Å². The number of methoxy groups -OCH3 is 1. The van der Waals surface area contributed by atoms with Crippen molar-refractivity contribution in [3.05, 3.63) is 42.0 Å². The number of phenols is 1. The molecular weight excluding hydrogens is 220 g/mol. The first-order valence-corrected chi connectivity index (χ1v) is 5.28. The third-order valence-electron chi connectivity index (χ3n) is 2.20. The van der Waals surface area contributed by atoms with Crippen LogP contribution in [0.3, 0.4) is 0 Å². The number of ether oxygens (including phenoxy) is 2. The van der Waals surface area contributed by atoms with Crippen LogP contribution in [0.1, 0.15) is 15.9 Å². The lowest BCUT2D eigenvalue weighted by Crippen LogP contribution is -2.10. The van der Waals surface area contributed by atoms with Crippen molar-refractivity contribution in [3.8, 4) is 5.75 Å². The molecular formula is C13H16O4. The van der Waals surface area contributed by atoms with Gasteiger partial charge in [0.2, 0.25) is 0 Å². The molecule has 1 aromatic carbocycles. The van der Waals surface area contributed by atoms with Gasteiger partial charge in [0, 0.05) is 7.11 Å².